The second-order valence-corrected chi connectivity index (χ2v) is 4.19. The normalized spacial score (nSPS) is 12.6. The molecule has 1 aromatic carbocycles. The fraction of sp³-hybridized carbons (Fsp3) is 0.357. The summed E-state index contributed by atoms with van der Waals surface area (Å²) in [6.07, 6.45) is 2.68. The summed E-state index contributed by atoms with van der Waals surface area (Å²) in [6, 6.07) is 10.9. The van der Waals surface area contributed by atoms with Gasteiger partial charge in [-0.3, -0.25) is 0 Å². The van der Waals surface area contributed by atoms with E-state index in [2.05, 4.69) is 48.6 Å². The van der Waals surface area contributed by atoms with Crippen LogP contribution in [0.5, 0.6) is 0 Å². The van der Waals surface area contributed by atoms with E-state index in [0.717, 1.165) is 18.7 Å². The summed E-state index contributed by atoms with van der Waals surface area (Å²) in [4.78, 5) is 0. The second-order valence-electron chi connectivity index (χ2n) is 4.19. The molecule has 1 atom stereocenters. The zero-order valence-corrected chi connectivity index (χ0v) is 10.3. The number of rotatable bonds is 5. The van der Waals surface area contributed by atoms with Gasteiger partial charge in [0.1, 0.15) is 6.26 Å². The fourth-order valence-electron chi connectivity index (χ4n) is 1.75. The Labute approximate surface area is 102 Å². The molecule has 0 spiro atoms. The van der Waals surface area contributed by atoms with E-state index in [0.29, 0.717) is 6.04 Å². The molecule has 3 nitrogen and oxygen atoms in total. The van der Waals surface area contributed by atoms with Crippen LogP contribution >= 0.6 is 0 Å². The molecule has 1 heterocycles. The van der Waals surface area contributed by atoms with Crippen LogP contribution in [0.15, 0.2) is 41.1 Å². The highest BCUT2D eigenvalue weighted by atomic mass is 16.5. The third-order valence-corrected chi connectivity index (χ3v) is 2.97. The summed E-state index contributed by atoms with van der Waals surface area (Å²) < 4.78 is 4.79. The number of hydrogen-bond acceptors (Lipinski definition) is 3. The van der Waals surface area contributed by atoms with Crippen molar-refractivity contribution in [1.29, 1.82) is 0 Å². The molecule has 0 saturated carbocycles. The Morgan fingerprint density at radius 3 is 2.59 bits per heavy atom. The molecule has 1 N–H and O–H groups in total. The van der Waals surface area contributed by atoms with Crippen molar-refractivity contribution in [3.05, 3.63) is 53.4 Å². The smallest absolute Gasteiger partial charge is 0.124 e. The van der Waals surface area contributed by atoms with Crippen molar-refractivity contribution < 1.29 is 4.52 Å². The van der Waals surface area contributed by atoms with Crippen LogP contribution in [0.3, 0.4) is 0 Å². The maximum atomic E-state index is 4.79. The molecule has 0 fully saturated rings. The molecule has 0 aliphatic heterocycles. The summed E-state index contributed by atoms with van der Waals surface area (Å²) in [5, 5.41) is 7.29. The summed E-state index contributed by atoms with van der Waals surface area (Å²) in [5.74, 6) is 0. The van der Waals surface area contributed by atoms with Gasteiger partial charge in [0.05, 0.1) is 5.69 Å². The van der Waals surface area contributed by atoms with Crippen LogP contribution in [-0.2, 0) is 13.0 Å². The zero-order chi connectivity index (χ0) is 12.1. The molecule has 0 aliphatic carbocycles. The predicted octanol–water partition coefficient (Wildman–Crippen LogP) is 3.09. The van der Waals surface area contributed by atoms with Crippen molar-refractivity contribution in [2.24, 2.45) is 0 Å². The summed E-state index contributed by atoms with van der Waals surface area (Å²) in [6.45, 7) is 5.05. The largest absolute Gasteiger partial charge is 0.364 e. The molecule has 1 aromatic heterocycles. The molecule has 0 saturated heterocycles. The maximum absolute atomic E-state index is 4.79. The predicted molar refractivity (Wildman–Crippen MR) is 67.6 cm³/mol. The number of hydrogen-bond donors (Lipinski definition) is 1. The van der Waals surface area contributed by atoms with Crippen LogP contribution < -0.4 is 5.32 Å². The van der Waals surface area contributed by atoms with E-state index in [1.54, 1.807) is 6.26 Å². The highest BCUT2D eigenvalue weighted by Crippen LogP contribution is 2.14. The zero-order valence-electron chi connectivity index (χ0n) is 10.3. The minimum atomic E-state index is 0.317. The Morgan fingerprint density at radius 2 is 2.00 bits per heavy atom. The lowest BCUT2D eigenvalue weighted by molar-refractivity contribution is 0.406. The van der Waals surface area contributed by atoms with Gasteiger partial charge in [-0.25, -0.2) is 0 Å². The van der Waals surface area contributed by atoms with Crippen molar-refractivity contribution in [3.8, 4) is 0 Å². The monoisotopic (exact) mass is 230 g/mol. The Hall–Kier alpha value is -1.61. The highest BCUT2D eigenvalue weighted by Gasteiger charge is 2.05. The van der Waals surface area contributed by atoms with Crippen LogP contribution in [0.2, 0.25) is 0 Å². The molecule has 0 aliphatic rings. The van der Waals surface area contributed by atoms with Gasteiger partial charge in [-0.2, -0.15) is 0 Å². The standard InChI is InChI=1S/C14H18N2O/c1-3-12-4-6-13(7-5-12)11(2)15-10-14-8-9-17-16-14/h4-9,11,15H,3,10H2,1-2H3. The molecule has 90 valence electrons. The van der Waals surface area contributed by atoms with Crippen LogP contribution in [0.25, 0.3) is 0 Å². The summed E-state index contributed by atoms with van der Waals surface area (Å²) >= 11 is 0. The molecular formula is C14H18N2O. The summed E-state index contributed by atoms with van der Waals surface area (Å²) in [5.41, 5.74) is 3.60. The van der Waals surface area contributed by atoms with Gasteiger partial charge in [0, 0.05) is 18.7 Å². The average molecular weight is 230 g/mol. The Morgan fingerprint density at radius 1 is 1.24 bits per heavy atom. The average Bonchev–Trinajstić information content (AvgIpc) is 2.89. The van der Waals surface area contributed by atoms with E-state index >= 15 is 0 Å². The third kappa shape index (κ3) is 3.17. The van der Waals surface area contributed by atoms with Crippen LogP contribution in [-0.4, -0.2) is 5.16 Å². The Bertz CT molecular complexity index is 434. The molecular weight excluding hydrogens is 212 g/mol. The highest BCUT2D eigenvalue weighted by molar-refractivity contribution is 5.24. The summed E-state index contributed by atoms with van der Waals surface area (Å²) in [7, 11) is 0. The lowest BCUT2D eigenvalue weighted by Crippen LogP contribution is -2.18. The van der Waals surface area contributed by atoms with Crippen molar-refractivity contribution in [2.45, 2.75) is 32.9 Å². The van der Waals surface area contributed by atoms with Gasteiger partial charge in [-0.15, -0.1) is 0 Å². The number of aromatic nitrogens is 1. The van der Waals surface area contributed by atoms with Gasteiger partial charge < -0.3 is 9.84 Å². The Kier molecular flexibility index (Phi) is 3.94. The van der Waals surface area contributed by atoms with E-state index in [4.69, 9.17) is 4.52 Å². The molecule has 2 rings (SSSR count). The van der Waals surface area contributed by atoms with Gasteiger partial charge in [-0.05, 0) is 24.5 Å². The molecule has 3 heteroatoms. The first-order chi connectivity index (χ1) is 8.29. The second kappa shape index (κ2) is 5.64. The topological polar surface area (TPSA) is 38.1 Å². The Balaban J connectivity index is 1.92. The van der Waals surface area contributed by atoms with E-state index in [-0.39, 0.29) is 0 Å². The van der Waals surface area contributed by atoms with Crippen molar-refractivity contribution in [3.63, 3.8) is 0 Å². The first-order valence-corrected chi connectivity index (χ1v) is 6.01. The van der Waals surface area contributed by atoms with E-state index in [1.807, 2.05) is 6.07 Å². The van der Waals surface area contributed by atoms with Gasteiger partial charge in [-0.1, -0.05) is 36.3 Å². The number of nitrogens with one attached hydrogen (secondary N) is 1. The number of nitrogens with zero attached hydrogens (tertiary/aromatic N) is 1. The molecule has 17 heavy (non-hydrogen) atoms. The van der Waals surface area contributed by atoms with Gasteiger partial charge in [0.2, 0.25) is 0 Å². The third-order valence-electron chi connectivity index (χ3n) is 2.97. The minimum Gasteiger partial charge on any atom is -0.364 e. The number of benzene rings is 1. The number of aryl methyl sites for hydroxylation is 1. The molecule has 1 unspecified atom stereocenters. The lowest BCUT2D eigenvalue weighted by atomic mass is 10.1. The maximum Gasteiger partial charge on any atom is 0.124 e. The molecule has 0 amide bonds. The van der Waals surface area contributed by atoms with Gasteiger partial charge >= 0.3 is 0 Å². The molecule has 0 bridgehead atoms. The van der Waals surface area contributed by atoms with Crippen molar-refractivity contribution >= 4 is 0 Å². The fourth-order valence-corrected chi connectivity index (χ4v) is 1.75. The van der Waals surface area contributed by atoms with E-state index in [9.17, 15) is 0 Å². The molecule has 2 aromatic rings. The first kappa shape index (κ1) is 11.9. The van der Waals surface area contributed by atoms with Crippen LogP contribution in [0.1, 0.15) is 36.7 Å². The van der Waals surface area contributed by atoms with Crippen molar-refractivity contribution in [2.75, 3.05) is 0 Å². The van der Waals surface area contributed by atoms with Gasteiger partial charge in [0.25, 0.3) is 0 Å². The van der Waals surface area contributed by atoms with E-state index in [1.165, 1.54) is 11.1 Å². The minimum absolute atomic E-state index is 0.317. The quantitative estimate of drug-likeness (QED) is 0.857. The van der Waals surface area contributed by atoms with Gasteiger partial charge in [0.15, 0.2) is 0 Å². The van der Waals surface area contributed by atoms with Crippen LogP contribution in [0, 0.1) is 0 Å². The molecule has 0 radical (unpaired) electrons. The SMILES string of the molecule is CCc1ccc(C(C)NCc2ccon2)cc1. The van der Waals surface area contributed by atoms with E-state index < -0.39 is 0 Å². The van der Waals surface area contributed by atoms with Crippen molar-refractivity contribution in [1.82, 2.24) is 10.5 Å². The van der Waals surface area contributed by atoms with Crippen LogP contribution in [0.4, 0.5) is 0 Å². The lowest BCUT2D eigenvalue weighted by Gasteiger charge is -2.13. The first-order valence-electron chi connectivity index (χ1n) is 6.01.